The maximum atomic E-state index is 4.69. The van der Waals surface area contributed by atoms with Crippen molar-refractivity contribution in [3.05, 3.63) is 53.3 Å². The minimum absolute atomic E-state index is 0.868. The summed E-state index contributed by atoms with van der Waals surface area (Å²) in [6.45, 7) is 3.84. The summed E-state index contributed by atoms with van der Waals surface area (Å²) in [5.74, 6) is 0. The van der Waals surface area contributed by atoms with Gasteiger partial charge < -0.3 is 10.2 Å². The molecule has 0 saturated carbocycles. The maximum Gasteiger partial charge on any atom is 0.193 e. The van der Waals surface area contributed by atoms with Gasteiger partial charge in [0.25, 0.3) is 0 Å². The van der Waals surface area contributed by atoms with E-state index in [4.69, 9.17) is 0 Å². The normalized spacial score (nSPS) is 15.3. The number of anilines is 1. The number of fused-ring (bicyclic) bond motifs is 2. The van der Waals surface area contributed by atoms with Gasteiger partial charge in [-0.05, 0) is 11.6 Å². The molecule has 5 heteroatoms. The summed E-state index contributed by atoms with van der Waals surface area (Å²) < 4.78 is 2.10. The molecule has 1 aliphatic heterocycles. The van der Waals surface area contributed by atoms with Crippen molar-refractivity contribution in [1.82, 2.24) is 14.7 Å². The number of hydrogen-bond donors (Lipinski definition) is 1. The van der Waals surface area contributed by atoms with Gasteiger partial charge in [0.1, 0.15) is 0 Å². The molecule has 0 radical (unpaired) electrons. The fraction of sp³-hybridized carbons (Fsp3) is 0.267. The fourth-order valence-electron chi connectivity index (χ4n) is 2.74. The lowest BCUT2D eigenvalue weighted by Gasteiger charge is -2.23. The summed E-state index contributed by atoms with van der Waals surface area (Å²) in [5.41, 5.74) is 3.83. The van der Waals surface area contributed by atoms with Gasteiger partial charge in [-0.1, -0.05) is 18.2 Å². The van der Waals surface area contributed by atoms with Crippen molar-refractivity contribution in [3.63, 3.8) is 0 Å². The van der Waals surface area contributed by atoms with E-state index in [2.05, 4.69) is 61.6 Å². The molecule has 2 aromatic heterocycles. The second kappa shape index (κ2) is 4.92. The SMILES string of the molecule is c1ccc2c(c1)CNCCN2Cc1cn2ccsc2n1. The lowest BCUT2D eigenvalue weighted by molar-refractivity contribution is 0.686. The zero-order valence-electron chi connectivity index (χ0n) is 11.1. The second-order valence-corrected chi connectivity index (χ2v) is 5.93. The zero-order chi connectivity index (χ0) is 13.4. The monoisotopic (exact) mass is 284 g/mol. The predicted octanol–water partition coefficient (Wildman–Crippen LogP) is 2.51. The van der Waals surface area contributed by atoms with E-state index in [1.165, 1.54) is 11.3 Å². The smallest absolute Gasteiger partial charge is 0.193 e. The average Bonchev–Trinajstić information content (AvgIpc) is 2.97. The topological polar surface area (TPSA) is 32.6 Å². The standard InChI is InChI=1S/C15H16N4S/c1-2-4-14-12(3-1)9-16-5-6-18(14)10-13-11-19-7-8-20-15(19)17-13/h1-4,7-8,11,16H,5-6,9-10H2. The van der Waals surface area contributed by atoms with Crippen LogP contribution in [0, 0.1) is 0 Å². The number of aromatic nitrogens is 2. The van der Waals surface area contributed by atoms with Crippen LogP contribution in [-0.2, 0) is 13.1 Å². The van der Waals surface area contributed by atoms with Gasteiger partial charge in [-0.3, -0.25) is 4.40 Å². The number of hydrogen-bond acceptors (Lipinski definition) is 4. The second-order valence-electron chi connectivity index (χ2n) is 5.05. The van der Waals surface area contributed by atoms with Crippen LogP contribution >= 0.6 is 11.3 Å². The first-order valence-electron chi connectivity index (χ1n) is 6.85. The third kappa shape index (κ3) is 2.09. The first-order chi connectivity index (χ1) is 9.90. The molecule has 0 atom stereocenters. The summed E-state index contributed by atoms with van der Waals surface area (Å²) >= 11 is 1.68. The number of benzene rings is 1. The van der Waals surface area contributed by atoms with Gasteiger partial charge in [0.15, 0.2) is 4.96 Å². The van der Waals surface area contributed by atoms with E-state index < -0.39 is 0 Å². The minimum Gasteiger partial charge on any atom is -0.364 e. The number of rotatable bonds is 2. The number of nitrogens with zero attached hydrogens (tertiary/aromatic N) is 3. The Morgan fingerprint density at radius 3 is 3.20 bits per heavy atom. The van der Waals surface area contributed by atoms with Crippen LogP contribution in [-0.4, -0.2) is 22.5 Å². The van der Waals surface area contributed by atoms with Crippen LogP contribution in [0.2, 0.25) is 0 Å². The Kier molecular flexibility index (Phi) is 2.94. The summed E-state index contributed by atoms with van der Waals surface area (Å²) in [6, 6.07) is 8.63. The van der Waals surface area contributed by atoms with Crippen molar-refractivity contribution in [1.29, 1.82) is 0 Å². The van der Waals surface area contributed by atoms with Crippen LogP contribution in [0.3, 0.4) is 0 Å². The predicted molar refractivity (Wildman–Crippen MR) is 82.3 cm³/mol. The van der Waals surface area contributed by atoms with Gasteiger partial charge in [-0.2, -0.15) is 0 Å². The lowest BCUT2D eigenvalue weighted by atomic mass is 10.1. The number of imidazole rings is 1. The molecule has 3 heterocycles. The highest BCUT2D eigenvalue weighted by Crippen LogP contribution is 2.24. The Labute approximate surface area is 121 Å². The van der Waals surface area contributed by atoms with Gasteiger partial charge in [-0.15, -0.1) is 11.3 Å². The third-order valence-electron chi connectivity index (χ3n) is 3.70. The lowest BCUT2D eigenvalue weighted by Crippen LogP contribution is -2.28. The van der Waals surface area contributed by atoms with Gasteiger partial charge >= 0.3 is 0 Å². The highest BCUT2D eigenvalue weighted by molar-refractivity contribution is 7.15. The molecule has 20 heavy (non-hydrogen) atoms. The Balaban J connectivity index is 1.66. The van der Waals surface area contributed by atoms with E-state index in [1.807, 2.05) is 0 Å². The molecule has 102 valence electrons. The molecule has 4 rings (SSSR count). The molecule has 1 N–H and O–H groups in total. The summed E-state index contributed by atoms with van der Waals surface area (Å²) in [5, 5.41) is 5.54. The van der Waals surface area contributed by atoms with Crippen LogP contribution in [0.25, 0.3) is 4.96 Å². The van der Waals surface area contributed by atoms with Crippen molar-refractivity contribution in [2.24, 2.45) is 0 Å². The van der Waals surface area contributed by atoms with Gasteiger partial charge in [0, 0.05) is 43.1 Å². The quantitative estimate of drug-likeness (QED) is 0.785. The van der Waals surface area contributed by atoms with Crippen LogP contribution in [0.4, 0.5) is 5.69 Å². The van der Waals surface area contributed by atoms with E-state index in [1.54, 1.807) is 11.3 Å². The molecule has 3 aromatic rings. The highest BCUT2D eigenvalue weighted by atomic mass is 32.1. The van der Waals surface area contributed by atoms with E-state index in [0.29, 0.717) is 0 Å². The molecule has 0 fully saturated rings. The first kappa shape index (κ1) is 11.9. The van der Waals surface area contributed by atoms with Crippen molar-refractivity contribution in [2.75, 3.05) is 18.0 Å². The molecule has 0 spiro atoms. The summed E-state index contributed by atoms with van der Waals surface area (Å²) in [6.07, 6.45) is 4.20. The molecule has 1 aliphatic rings. The number of thiazole rings is 1. The van der Waals surface area contributed by atoms with E-state index in [9.17, 15) is 0 Å². The Morgan fingerprint density at radius 1 is 1.30 bits per heavy atom. The van der Waals surface area contributed by atoms with E-state index >= 15 is 0 Å². The van der Waals surface area contributed by atoms with Crippen molar-refractivity contribution in [3.8, 4) is 0 Å². The molecule has 4 nitrogen and oxygen atoms in total. The van der Waals surface area contributed by atoms with Crippen molar-refractivity contribution < 1.29 is 0 Å². The van der Waals surface area contributed by atoms with E-state index in [-0.39, 0.29) is 0 Å². The van der Waals surface area contributed by atoms with Crippen LogP contribution in [0.1, 0.15) is 11.3 Å². The highest BCUT2D eigenvalue weighted by Gasteiger charge is 2.16. The van der Waals surface area contributed by atoms with Gasteiger partial charge in [-0.25, -0.2) is 4.98 Å². The van der Waals surface area contributed by atoms with Crippen LogP contribution in [0.5, 0.6) is 0 Å². The maximum absolute atomic E-state index is 4.69. The zero-order valence-corrected chi connectivity index (χ0v) is 11.9. The van der Waals surface area contributed by atoms with Crippen LogP contribution < -0.4 is 10.2 Å². The number of nitrogens with one attached hydrogen (secondary N) is 1. The van der Waals surface area contributed by atoms with Crippen molar-refractivity contribution >= 4 is 22.0 Å². The molecular formula is C15H16N4S. The Hall–Kier alpha value is -1.85. The Bertz CT molecular complexity index is 702. The first-order valence-corrected chi connectivity index (χ1v) is 7.73. The molecule has 0 saturated heterocycles. The molecule has 0 aliphatic carbocycles. The average molecular weight is 284 g/mol. The molecule has 0 bridgehead atoms. The summed E-state index contributed by atoms with van der Waals surface area (Å²) in [7, 11) is 0. The molecule has 0 unspecified atom stereocenters. The largest absolute Gasteiger partial charge is 0.364 e. The summed E-state index contributed by atoms with van der Waals surface area (Å²) in [4.78, 5) is 8.18. The molecule has 0 amide bonds. The fourth-order valence-corrected chi connectivity index (χ4v) is 3.46. The van der Waals surface area contributed by atoms with Crippen molar-refractivity contribution in [2.45, 2.75) is 13.1 Å². The number of para-hydroxylation sites is 1. The minimum atomic E-state index is 0.868. The van der Waals surface area contributed by atoms with Gasteiger partial charge in [0.05, 0.1) is 12.2 Å². The van der Waals surface area contributed by atoms with E-state index in [0.717, 1.165) is 36.8 Å². The third-order valence-corrected chi connectivity index (χ3v) is 4.47. The molecule has 1 aromatic carbocycles. The van der Waals surface area contributed by atoms with Gasteiger partial charge in [0.2, 0.25) is 0 Å². The Morgan fingerprint density at radius 2 is 2.25 bits per heavy atom. The molecular weight excluding hydrogens is 268 g/mol. The van der Waals surface area contributed by atoms with Crippen LogP contribution in [0.15, 0.2) is 42.0 Å².